The highest BCUT2D eigenvalue weighted by Crippen LogP contribution is 2.31. The maximum Gasteiger partial charge on any atom is 0.331 e. The highest BCUT2D eigenvalue weighted by Gasteiger charge is 2.27. The van der Waals surface area contributed by atoms with Crippen molar-refractivity contribution in [3.8, 4) is 11.5 Å². The van der Waals surface area contributed by atoms with Crippen molar-refractivity contribution in [2.75, 3.05) is 19.5 Å². The van der Waals surface area contributed by atoms with Crippen molar-refractivity contribution in [1.29, 1.82) is 0 Å². The van der Waals surface area contributed by atoms with Crippen LogP contribution >= 0.6 is 0 Å². The van der Waals surface area contributed by atoms with Gasteiger partial charge in [0, 0.05) is 31.3 Å². The van der Waals surface area contributed by atoms with Gasteiger partial charge in [-0.2, -0.15) is 0 Å². The van der Waals surface area contributed by atoms with Crippen LogP contribution in [0.3, 0.4) is 0 Å². The Labute approximate surface area is 191 Å². The number of aryl methyl sites for hydroxylation is 1. The molecule has 8 nitrogen and oxygen atoms in total. The zero-order chi connectivity index (χ0) is 23.5. The minimum atomic E-state index is -0.324. The summed E-state index contributed by atoms with van der Waals surface area (Å²) in [5.41, 5.74) is 0.670. The lowest BCUT2D eigenvalue weighted by molar-refractivity contribution is -0.121. The molecule has 0 aliphatic heterocycles. The first-order valence-corrected chi connectivity index (χ1v) is 11.1. The molecule has 1 heterocycles. The minimum Gasteiger partial charge on any atom is -0.497 e. The molecule has 33 heavy (non-hydrogen) atoms. The molecule has 1 aliphatic rings. The topological polar surface area (TPSA) is 91.6 Å². The highest BCUT2D eigenvalue weighted by molar-refractivity contribution is 5.92. The van der Waals surface area contributed by atoms with E-state index in [1.165, 1.54) is 9.13 Å². The predicted octanol–water partition coefficient (Wildman–Crippen LogP) is 3.16. The number of carbonyl (C=O) groups excluding carboxylic acids is 1. The fraction of sp³-hybridized carbons (Fsp3) is 0.400. The molecule has 4 rings (SSSR count). The number of nitrogens with one attached hydrogen (secondary N) is 1. The number of ether oxygens (including phenoxy) is 2. The summed E-state index contributed by atoms with van der Waals surface area (Å²) in [4.78, 5) is 38.7. The summed E-state index contributed by atoms with van der Waals surface area (Å²) in [6.45, 7) is 0.350. The van der Waals surface area contributed by atoms with E-state index in [1.807, 2.05) is 18.2 Å². The quantitative estimate of drug-likeness (QED) is 0.622. The third kappa shape index (κ3) is 4.65. The Bertz CT molecular complexity index is 1290. The number of carbonyl (C=O) groups is 1. The van der Waals surface area contributed by atoms with Gasteiger partial charge in [0.1, 0.15) is 11.5 Å². The Morgan fingerprint density at radius 3 is 2.39 bits per heavy atom. The zero-order valence-corrected chi connectivity index (χ0v) is 19.2. The number of rotatable bonds is 6. The van der Waals surface area contributed by atoms with Crippen LogP contribution in [0.15, 0.2) is 52.1 Å². The summed E-state index contributed by atoms with van der Waals surface area (Å²) in [5, 5.41) is 3.43. The van der Waals surface area contributed by atoms with Crippen LogP contribution in [0.1, 0.15) is 25.7 Å². The second-order valence-electron chi connectivity index (χ2n) is 8.58. The summed E-state index contributed by atoms with van der Waals surface area (Å²) in [6.07, 6.45) is 3.00. The number of amides is 1. The monoisotopic (exact) mass is 451 g/mol. The summed E-state index contributed by atoms with van der Waals surface area (Å²) >= 11 is 0. The van der Waals surface area contributed by atoms with Crippen LogP contribution in [0.25, 0.3) is 10.9 Å². The van der Waals surface area contributed by atoms with E-state index < -0.39 is 0 Å². The Kier molecular flexibility index (Phi) is 6.53. The van der Waals surface area contributed by atoms with Crippen LogP contribution in [0.5, 0.6) is 11.5 Å². The van der Waals surface area contributed by atoms with E-state index in [9.17, 15) is 14.4 Å². The number of fused-ring (bicyclic) bond motifs is 1. The zero-order valence-electron chi connectivity index (χ0n) is 19.2. The molecule has 0 atom stereocenters. The Hall–Kier alpha value is -3.55. The second-order valence-corrected chi connectivity index (χ2v) is 8.58. The molecule has 1 saturated carbocycles. The molecule has 0 saturated heterocycles. The summed E-state index contributed by atoms with van der Waals surface area (Å²) < 4.78 is 13.3. The molecule has 1 N–H and O–H groups in total. The fourth-order valence-electron chi connectivity index (χ4n) is 4.59. The number of aromatic nitrogens is 2. The van der Waals surface area contributed by atoms with Crippen LogP contribution in [0.2, 0.25) is 0 Å². The van der Waals surface area contributed by atoms with Crippen LogP contribution in [-0.2, 0) is 18.4 Å². The van der Waals surface area contributed by atoms with E-state index in [0.29, 0.717) is 34.6 Å². The number of nitrogens with zero attached hydrogens (tertiary/aromatic N) is 2. The van der Waals surface area contributed by atoms with Crippen LogP contribution in [-0.4, -0.2) is 29.3 Å². The molecule has 3 aromatic rings. The van der Waals surface area contributed by atoms with Gasteiger partial charge in [-0.3, -0.25) is 18.7 Å². The van der Waals surface area contributed by atoms with Gasteiger partial charge in [-0.25, -0.2) is 4.79 Å². The SMILES string of the molecule is COc1cccc(NC(=O)[C@H]2CC[C@H](Cn3c(=O)c4cc(OC)ccc4n(C)c3=O)CC2)c1. The van der Waals surface area contributed by atoms with E-state index in [4.69, 9.17) is 9.47 Å². The Morgan fingerprint density at radius 2 is 1.70 bits per heavy atom. The van der Waals surface area contributed by atoms with E-state index in [-0.39, 0.29) is 29.0 Å². The minimum absolute atomic E-state index is 0.00687. The first-order chi connectivity index (χ1) is 15.9. The third-order valence-electron chi connectivity index (χ3n) is 6.55. The normalized spacial score (nSPS) is 18.2. The fourth-order valence-corrected chi connectivity index (χ4v) is 4.59. The first-order valence-electron chi connectivity index (χ1n) is 11.1. The van der Waals surface area contributed by atoms with Gasteiger partial charge in [0.15, 0.2) is 0 Å². The summed E-state index contributed by atoms with van der Waals surface area (Å²) in [6, 6.07) is 12.4. The third-order valence-corrected chi connectivity index (χ3v) is 6.55. The molecule has 1 fully saturated rings. The number of hydrogen-bond donors (Lipinski definition) is 1. The van der Waals surface area contributed by atoms with E-state index >= 15 is 0 Å². The number of benzene rings is 2. The number of anilines is 1. The Balaban J connectivity index is 1.45. The Morgan fingerprint density at radius 1 is 1.00 bits per heavy atom. The van der Waals surface area contributed by atoms with Gasteiger partial charge in [-0.1, -0.05) is 6.07 Å². The maximum absolute atomic E-state index is 13.1. The van der Waals surface area contributed by atoms with Gasteiger partial charge in [0.2, 0.25) is 5.91 Å². The molecular formula is C25H29N3O5. The molecule has 174 valence electrons. The molecule has 0 bridgehead atoms. The van der Waals surface area contributed by atoms with Crippen molar-refractivity contribution in [3.63, 3.8) is 0 Å². The molecule has 2 aromatic carbocycles. The molecule has 0 radical (unpaired) electrons. The van der Waals surface area contributed by atoms with Gasteiger partial charge in [-0.05, 0) is 61.9 Å². The standard InChI is InChI=1S/C25H29N3O5/c1-27-22-12-11-20(33-3)14-21(22)24(30)28(25(27)31)15-16-7-9-17(10-8-16)23(29)26-18-5-4-6-19(13-18)32-2/h4-6,11-14,16-17H,7-10,15H2,1-3H3,(H,26,29)/t16-,17-. The number of hydrogen-bond acceptors (Lipinski definition) is 5. The van der Waals surface area contributed by atoms with Gasteiger partial charge in [0.05, 0.1) is 25.1 Å². The van der Waals surface area contributed by atoms with Gasteiger partial charge < -0.3 is 14.8 Å². The molecule has 8 heteroatoms. The van der Waals surface area contributed by atoms with Crippen molar-refractivity contribution in [3.05, 3.63) is 63.3 Å². The molecule has 1 aliphatic carbocycles. The van der Waals surface area contributed by atoms with Crippen molar-refractivity contribution in [2.45, 2.75) is 32.2 Å². The van der Waals surface area contributed by atoms with Crippen molar-refractivity contribution in [1.82, 2.24) is 9.13 Å². The number of methoxy groups -OCH3 is 2. The van der Waals surface area contributed by atoms with Gasteiger partial charge in [-0.15, -0.1) is 0 Å². The van der Waals surface area contributed by atoms with Crippen LogP contribution < -0.4 is 26.0 Å². The predicted molar refractivity (Wildman–Crippen MR) is 127 cm³/mol. The van der Waals surface area contributed by atoms with E-state index in [2.05, 4.69) is 5.32 Å². The van der Waals surface area contributed by atoms with Gasteiger partial charge >= 0.3 is 5.69 Å². The molecule has 1 aromatic heterocycles. The summed E-state index contributed by atoms with van der Waals surface area (Å²) in [7, 11) is 4.81. The van der Waals surface area contributed by atoms with Gasteiger partial charge in [0.25, 0.3) is 5.56 Å². The lowest BCUT2D eigenvalue weighted by Gasteiger charge is -2.28. The first kappa shape index (κ1) is 22.6. The lowest BCUT2D eigenvalue weighted by Crippen LogP contribution is -2.41. The molecule has 0 spiro atoms. The van der Waals surface area contributed by atoms with E-state index in [1.54, 1.807) is 45.5 Å². The maximum atomic E-state index is 13.1. The molecule has 1 amide bonds. The second kappa shape index (κ2) is 9.52. The van der Waals surface area contributed by atoms with Crippen molar-refractivity contribution >= 4 is 22.5 Å². The highest BCUT2D eigenvalue weighted by atomic mass is 16.5. The smallest absolute Gasteiger partial charge is 0.331 e. The van der Waals surface area contributed by atoms with Crippen LogP contribution in [0.4, 0.5) is 5.69 Å². The van der Waals surface area contributed by atoms with Crippen molar-refractivity contribution < 1.29 is 14.3 Å². The molecular weight excluding hydrogens is 422 g/mol. The summed E-state index contributed by atoms with van der Waals surface area (Å²) in [5.74, 6) is 1.34. The van der Waals surface area contributed by atoms with E-state index in [0.717, 1.165) is 25.7 Å². The van der Waals surface area contributed by atoms with Crippen molar-refractivity contribution in [2.24, 2.45) is 18.9 Å². The van der Waals surface area contributed by atoms with Crippen LogP contribution in [0, 0.1) is 11.8 Å². The molecule has 0 unspecified atom stereocenters. The lowest BCUT2D eigenvalue weighted by atomic mass is 9.81. The average molecular weight is 452 g/mol. The average Bonchev–Trinajstić information content (AvgIpc) is 2.85. The largest absolute Gasteiger partial charge is 0.497 e.